The van der Waals surface area contributed by atoms with Gasteiger partial charge in [0.1, 0.15) is 5.60 Å². The van der Waals surface area contributed by atoms with Crippen molar-refractivity contribution < 1.29 is 9.53 Å². The fourth-order valence-electron chi connectivity index (χ4n) is 4.78. The van der Waals surface area contributed by atoms with E-state index in [1.807, 2.05) is 31.3 Å². The normalized spacial score (nSPS) is 25.0. The summed E-state index contributed by atoms with van der Waals surface area (Å²) < 4.78 is 6.34. The van der Waals surface area contributed by atoms with E-state index >= 15 is 0 Å². The summed E-state index contributed by atoms with van der Waals surface area (Å²) in [5.74, 6) is 0. The summed E-state index contributed by atoms with van der Waals surface area (Å²) in [5, 5.41) is 16.3. The Hall–Kier alpha value is -2.56. The number of urea groups is 1. The van der Waals surface area contributed by atoms with Crippen molar-refractivity contribution in [3.05, 3.63) is 35.5 Å². The standard InChI is InChI=1S/C22H29N5O2/c1-2-24-21(28)26-20-5-3-4-8-22(20)15-27(9-10-29-22)14-17-13-25-19-7-6-16(12-23)11-18(17)19/h6-7,11,13,20,25H,2-5,8-10,14-15H2,1H3,(H2,24,26,28)/t20-,22+/m0/s1. The van der Waals surface area contributed by atoms with Crippen LogP contribution < -0.4 is 10.6 Å². The van der Waals surface area contributed by atoms with Crippen molar-refractivity contribution in [3.63, 3.8) is 0 Å². The molecule has 0 radical (unpaired) electrons. The Morgan fingerprint density at radius 2 is 2.34 bits per heavy atom. The number of aromatic amines is 1. The van der Waals surface area contributed by atoms with E-state index in [2.05, 4.69) is 26.6 Å². The van der Waals surface area contributed by atoms with Gasteiger partial charge in [0, 0.05) is 43.3 Å². The second kappa shape index (κ2) is 8.44. The number of nitrogens with zero attached hydrogens (tertiary/aromatic N) is 2. The van der Waals surface area contributed by atoms with Gasteiger partial charge in [0.2, 0.25) is 0 Å². The quantitative estimate of drug-likeness (QED) is 0.742. The van der Waals surface area contributed by atoms with Crippen LogP contribution in [0.4, 0.5) is 4.79 Å². The third-order valence-corrected chi connectivity index (χ3v) is 6.20. The Morgan fingerprint density at radius 3 is 3.17 bits per heavy atom. The first-order valence-corrected chi connectivity index (χ1v) is 10.5. The molecule has 1 saturated heterocycles. The summed E-state index contributed by atoms with van der Waals surface area (Å²) >= 11 is 0. The molecule has 3 N–H and O–H groups in total. The fourth-order valence-corrected chi connectivity index (χ4v) is 4.78. The third-order valence-electron chi connectivity index (χ3n) is 6.20. The predicted octanol–water partition coefficient (Wildman–Crippen LogP) is 2.87. The molecule has 2 aliphatic rings. The topological polar surface area (TPSA) is 93.2 Å². The van der Waals surface area contributed by atoms with Crippen LogP contribution >= 0.6 is 0 Å². The van der Waals surface area contributed by atoms with Gasteiger partial charge in [-0.25, -0.2) is 4.79 Å². The molecule has 2 aromatic rings. The van der Waals surface area contributed by atoms with E-state index in [0.29, 0.717) is 18.7 Å². The third kappa shape index (κ3) is 4.09. The van der Waals surface area contributed by atoms with Crippen LogP contribution in [0.1, 0.15) is 43.7 Å². The summed E-state index contributed by atoms with van der Waals surface area (Å²) in [6, 6.07) is 7.90. The first-order chi connectivity index (χ1) is 14.1. The van der Waals surface area contributed by atoms with E-state index in [1.165, 1.54) is 5.56 Å². The lowest BCUT2D eigenvalue weighted by molar-refractivity contribution is -0.142. The maximum atomic E-state index is 12.2. The lowest BCUT2D eigenvalue weighted by Gasteiger charge is -2.49. The van der Waals surface area contributed by atoms with E-state index in [1.54, 1.807) is 0 Å². The molecule has 7 heteroatoms. The minimum atomic E-state index is -0.328. The minimum absolute atomic E-state index is 0.0266. The summed E-state index contributed by atoms with van der Waals surface area (Å²) in [6.45, 7) is 5.67. The number of carbonyl (C=O) groups is 1. The number of morpholine rings is 1. The number of nitrogens with one attached hydrogen (secondary N) is 3. The van der Waals surface area contributed by atoms with Crippen LogP contribution in [0.2, 0.25) is 0 Å². The Balaban J connectivity index is 1.51. The lowest BCUT2D eigenvalue weighted by atomic mass is 9.79. The number of ether oxygens (including phenoxy) is 1. The van der Waals surface area contributed by atoms with Crippen LogP contribution in [0.15, 0.2) is 24.4 Å². The molecular formula is C22H29N5O2. The van der Waals surface area contributed by atoms with Gasteiger partial charge in [-0.1, -0.05) is 12.8 Å². The van der Waals surface area contributed by atoms with Crippen molar-refractivity contribution in [1.82, 2.24) is 20.5 Å². The fraction of sp³-hybridized carbons (Fsp3) is 0.545. The van der Waals surface area contributed by atoms with Crippen molar-refractivity contribution in [1.29, 1.82) is 5.26 Å². The van der Waals surface area contributed by atoms with Crippen molar-refractivity contribution in [2.24, 2.45) is 0 Å². The lowest BCUT2D eigenvalue weighted by Crippen LogP contribution is -2.64. The van der Waals surface area contributed by atoms with E-state index < -0.39 is 0 Å². The first-order valence-electron chi connectivity index (χ1n) is 10.5. The first kappa shape index (κ1) is 19.7. The van der Waals surface area contributed by atoms with Gasteiger partial charge in [0.25, 0.3) is 0 Å². The van der Waals surface area contributed by atoms with Crippen molar-refractivity contribution in [2.45, 2.75) is 50.8 Å². The summed E-state index contributed by atoms with van der Waals surface area (Å²) in [6.07, 6.45) is 6.19. The van der Waals surface area contributed by atoms with Gasteiger partial charge in [-0.05, 0) is 43.5 Å². The number of aromatic nitrogens is 1. The molecule has 7 nitrogen and oxygen atoms in total. The second-order valence-electron chi connectivity index (χ2n) is 8.11. The highest BCUT2D eigenvalue weighted by atomic mass is 16.5. The number of amides is 2. The van der Waals surface area contributed by atoms with Gasteiger partial charge < -0.3 is 20.4 Å². The average Bonchev–Trinajstić information content (AvgIpc) is 3.12. The van der Waals surface area contributed by atoms with E-state index in [9.17, 15) is 10.1 Å². The molecule has 2 amide bonds. The molecule has 1 aromatic carbocycles. The van der Waals surface area contributed by atoms with Gasteiger partial charge in [0.15, 0.2) is 0 Å². The Bertz CT molecular complexity index is 914. The summed E-state index contributed by atoms with van der Waals surface area (Å²) in [5.41, 5.74) is 2.59. The monoisotopic (exact) mass is 395 g/mol. The zero-order valence-corrected chi connectivity index (χ0v) is 17.0. The zero-order chi connectivity index (χ0) is 20.3. The molecule has 2 heterocycles. The molecular weight excluding hydrogens is 366 g/mol. The van der Waals surface area contributed by atoms with Gasteiger partial charge in [-0.2, -0.15) is 5.26 Å². The highest BCUT2D eigenvalue weighted by Gasteiger charge is 2.45. The Morgan fingerprint density at radius 1 is 1.45 bits per heavy atom. The average molecular weight is 396 g/mol. The SMILES string of the molecule is CCNC(=O)N[C@H]1CCCC[C@@]12CN(Cc1c[nH]c3ccc(C#N)cc13)CCO2. The van der Waals surface area contributed by atoms with Gasteiger partial charge in [-0.15, -0.1) is 0 Å². The number of rotatable bonds is 4. The van der Waals surface area contributed by atoms with Crippen LogP contribution in [0.3, 0.4) is 0 Å². The molecule has 1 aliphatic heterocycles. The van der Waals surface area contributed by atoms with Crippen molar-refractivity contribution in [3.8, 4) is 6.07 Å². The van der Waals surface area contributed by atoms with Gasteiger partial charge in [0.05, 0.1) is 24.3 Å². The number of benzene rings is 1. The predicted molar refractivity (Wildman–Crippen MR) is 111 cm³/mol. The molecule has 0 bridgehead atoms. The Labute approximate surface area is 171 Å². The van der Waals surface area contributed by atoms with Crippen LogP contribution in [-0.4, -0.2) is 53.8 Å². The Kier molecular flexibility index (Phi) is 5.74. The molecule has 2 fully saturated rings. The number of H-pyrrole nitrogens is 1. The largest absolute Gasteiger partial charge is 0.370 e. The molecule has 1 spiro atoms. The zero-order valence-electron chi connectivity index (χ0n) is 17.0. The number of fused-ring (bicyclic) bond motifs is 1. The molecule has 154 valence electrons. The maximum absolute atomic E-state index is 12.2. The smallest absolute Gasteiger partial charge is 0.315 e. The van der Waals surface area contributed by atoms with Crippen LogP contribution in [0.25, 0.3) is 10.9 Å². The van der Waals surface area contributed by atoms with Gasteiger partial charge >= 0.3 is 6.03 Å². The summed E-state index contributed by atoms with van der Waals surface area (Å²) in [7, 11) is 0. The van der Waals surface area contributed by atoms with Crippen molar-refractivity contribution in [2.75, 3.05) is 26.2 Å². The molecule has 1 saturated carbocycles. The number of hydrogen-bond donors (Lipinski definition) is 3. The molecule has 29 heavy (non-hydrogen) atoms. The maximum Gasteiger partial charge on any atom is 0.315 e. The van der Waals surface area contributed by atoms with Crippen molar-refractivity contribution >= 4 is 16.9 Å². The van der Waals surface area contributed by atoms with E-state index in [-0.39, 0.29) is 17.7 Å². The molecule has 4 rings (SSSR count). The highest BCUT2D eigenvalue weighted by Crippen LogP contribution is 2.35. The van der Waals surface area contributed by atoms with Crippen LogP contribution in [0, 0.1) is 11.3 Å². The van der Waals surface area contributed by atoms with Gasteiger partial charge in [-0.3, -0.25) is 4.90 Å². The molecule has 0 unspecified atom stereocenters. The molecule has 2 atom stereocenters. The number of carbonyl (C=O) groups excluding carboxylic acids is 1. The molecule has 1 aliphatic carbocycles. The molecule has 1 aromatic heterocycles. The second-order valence-corrected chi connectivity index (χ2v) is 8.11. The van der Waals surface area contributed by atoms with E-state index in [4.69, 9.17) is 4.74 Å². The van der Waals surface area contributed by atoms with Crippen LogP contribution in [0.5, 0.6) is 0 Å². The highest BCUT2D eigenvalue weighted by molar-refractivity contribution is 5.84. The number of nitriles is 1. The van der Waals surface area contributed by atoms with E-state index in [0.717, 1.165) is 56.2 Å². The van der Waals surface area contributed by atoms with Crippen LogP contribution in [-0.2, 0) is 11.3 Å². The summed E-state index contributed by atoms with van der Waals surface area (Å²) in [4.78, 5) is 17.9. The minimum Gasteiger partial charge on any atom is -0.370 e. The number of hydrogen-bond acceptors (Lipinski definition) is 4.